The van der Waals surface area contributed by atoms with Gasteiger partial charge in [-0.1, -0.05) is 19.9 Å². The second-order valence-corrected chi connectivity index (χ2v) is 6.59. The third kappa shape index (κ3) is 4.57. The predicted octanol–water partition coefficient (Wildman–Crippen LogP) is 2.76. The molecule has 120 valence electrons. The molecule has 0 bridgehead atoms. The summed E-state index contributed by atoms with van der Waals surface area (Å²) >= 11 is 1.46. The molecule has 0 saturated heterocycles. The maximum Gasteiger partial charge on any atom is 0.320 e. The van der Waals surface area contributed by atoms with Gasteiger partial charge in [0, 0.05) is 17.5 Å². The number of carbonyl (C=O) groups excluding carboxylic acids is 1. The van der Waals surface area contributed by atoms with Crippen LogP contribution in [-0.4, -0.2) is 27.5 Å². The van der Waals surface area contributed by atoms with Crippen molar-refractivity contribution in [1.82, 2.24) is 15.1 Å². The van der Waals surface area contributed by atoms with E-state index in [2.05, 4.69) is 29.6 Å². The van der Waals surface area contributed by atoms with Gasteiger partial charge in [0.1, 0.15) is 11.9 Å². The van der Waals surface area contributed by atoms with Gasteiger partial charge in [0.2, 0.25) is 0 Å². The summed E-state index contributed by atoms with van der Waals surface area (Å²) in [7, 11) is 0. The van der Waals surface area contributed by atoms with Gasteiger partial charge in [-0.05, 0) is 24.3 Å². The number of urea groups is 1. The number of aromatic nitrogens is 2. The van der Waals surface area contributed by atoms with Crippen LogP contribution < -0.4 is 10.6 Å². The Morgan fingerprint density at radius 3 is 2.91 bits per heavy atom. The largest absolute Gasteiger partial charge is 0.386 e. The number of nitrogens with zero attached hydrogens (tertiary/aromatic N) is 2. The zero-order valence-electron chi connectivity index (χ0n) is 13.0. The Hall–Kier alpha value is -1.86. The van der Waals surface area contributed by atoms with Gasteiger partial charge in [0.25, 0.3) is 0 Å². The van der Waals surface area contributed by atoms with Crippen molar-refractivity contribution in [2.75, 3.05) is 11.9 Å². The Balaban J connectivity index is 1.89. The summed E-state index contributed by atoms with van der Waals surface area (Å²) in [5, 5.41) is 21.7. The Morgan fingerprint density at radius 2 is 2.27 bits per heavy atom. The van der Waals surface area contributed by atoms with Crippen LogP contribution in [0.15, 0.2) is 23.6 Å². The summed E-state index contributed by atoms with van der Waals surface area (Å²) < 4.78 is 1.79. The van der Waals surface area contributed by atoms with E-state index in [9.17, 15) is 9.90 Å². The van der Waals surface area contributed by atoms with Crippen LogP contribution in [0.3, 0.4) is 0 Å². The number of hydrogen-bond acceptors (Lipinski definition) is 4. The minimum atomic E-state index is -0.687. The summed E-state index contributed by atoms with van der Waals surface area (Å²) in [5.74, 6) is 1.10. The first kappa shape index (κ1) is 16.5. The molecule has 2 rings (SSSR count). The molecule has 6 nitrogen and oxygen atoms in total. The number of aliphatic hydroxyl groups is 1. The molecule has 22 heavy (non-hydrogen) atoms. The van der Waals surface area contributed by atoms with Gasteiger partial charge in [0.15, 0.2) is 0 Å². The highest BCUT2D eigenvalue weighted by Crippen LogP contribution is 2.18. The molecule has 0 unspecified atom stereocenters. The molecule has 0 aliphatic carbocycles. The Morgan fingerprint density at radius 1 is 1.50 bits per heavy atom. The van der Waals surface area contributed by atoms with Gasteiger partial charge >= 0.3 is 6.03 Å². The van der Waals surface area contributed by atoms with Crippen LogP contribution in [0, 0.1) is 12.8 Å². The lowest BCUT2D eigenvalue weighted by Crippen LogP contribution is -2.33. The molecule has 2 amide bonds. The monoisotopic (exact) mass is 322 g/mol. The second-order valence-electron chi connectivity index (χ2n) is 5.61. The highest BCUT2D eigenvalue weighted by atomic mass is 32.1. The van der Waals surface area contributed by atoms with Crippen molar-refractivity contribution in [3.05, 3.63) is 34.2 Å². The van der Waals surface area contributed by atoms with Crippen LogP contribution in [0.2, 0.25) is 0 Å². The zero-order chi connectivity index (χ0) is 16.1. The second kappa shape index (κ2) is 7.42. The van der Waals surface area contributed by atoms with Crippen LogP contribution in [-0.2, 0) is 6.54 Å². The van der Waals surface area contributed by atoms with E-state index in [0.717, 1.165) is 17.1 Å². The third-order valence-corrected chi connectivity index (χ3v) is 3.98. The molecule has 0 saturated carbocycles. The van der Waals surface area contributed by atoms with Gasteiger partial charge < -0.3 is 10.4 Å². The van der Waals surface area contributed by atoms with E-state index in [1.807, 2.05) is 30.5 Å². The fourth-order valence-electron chi connectivity index (χ4n) is 2.06. The van der Waals surface area contributed by atoms with Gasteiger partial charge in [-0.2, -0.15) is 5.10 Å². The standard InChI is InChI=1S/C15H22N4O2S/c1-10(2)9-19-14(7-11(3)18-19)17-15(21)16-8-12(20)13-5-4-6-22-13/h4-7,10,12,20H,8-9H2,1-3H3,(H2,16,17,21)/t12-/m1/s1. The van der Waals surface area contributed by atoms with E-state index in [1.165, 1.54) is 11.3 Å². The van der Waals surface area contributed by atoms with E-state index in [-0.39, 0.29) is 12.6 Å². The number of carbonyl (C=O) groups is 1. The molecule has 0 aromatic carbocycles. The number of amides is 2. The third-order valence-electron chi connectivity index (χ3n) is 3.01. The summed E-state index contributed by atoms with van der Waals surface area (Å²) in [5.41, 5.74) is 0.856. The number of rotatable bonds is 6. The fourth-order valence-corrected chi connectivity index (χ4v) is 2.77. The quantitative estimate of drug-likeness (QED) is 0.765. The van der Waals surface area contributed by atoms with Gasteiger partial charge in [-0.25, -0.2) is 9.48 Å². The molecular formula is C15H22N4O2S. The molecule has 0 spiro atoms. The first-order chi connectivity index (χ1) is 10.5. The lowest BCUT2D eigenvalue weighted by Gasteiger charge is -2.13. The highest BCUT2D eigenvalue weighted by molar-refractivity contribution is 7.10. The Bertz CT molecular complexity index is 607. The zero-order valence-corrected chi connectivity index (χ0v) is 13.9. The lowest BCUT2D eigenvalue weighted by molar-refractivity contribution is 0.178. The maximum atomic E-state index is 12.0. The number of aryl methyl sites for hydroxylation is 1. The number of aliphatic hydroxyl groups excluding tert-OH is 1. The highest BCUT2D eigenvalue weighted by Gasteiger charge is 2.13. The van der Waals surface area contributed by atoms with E-state index in [0.29, 0.717) is 11.7 Å². The molecule has 2 aromatic heterocycles. The molecule has 0 aliphatic rings. The molecular weight excluding hydrogens is 300 g/mol. The van der Waals surface area contributed by atoms with Crippen LogP contribution >= 0.6 is 11.3 Å². The Kier molecular flexibility index (Phi) is 5.57. The Labute approximate surface area is 134 Å². The van der Waals surface area contributed by atoms with E-state index >= 15 is 0 Å². The molecule has 3 N–H and O–H groups in total. The summed E-state index contributed by atoms with van der Waals surface area (Å²) in [6.45, 7) is 6.99. The van der Waals surface area contributed by atoms with Crippen LogP contribution in [0.25, 0.3) is 0 Å². The van der Waals surface area contributed by atoms with E-state index < -0.39 is 6.10 Å². The molecule has 2 heterocycles. The lowest BCUT2D eigenvalue weighted by atomic mass is 10.2. The minimum Gasteiger partial charge on any atom is -0.386 e. The van der Waals surface area contributed by atoms with Crippen LogP contribution in [0.5, 0.6) is 0 Å². The van der Waals surface area contributed by atoms with Crippen molar-refractivity contribution in [2.45, 2.75) is 33.4 Å². The van der Waals surface area contributed by atoms with E-state index in [1.54, 1.807) is 4.68 Å². The molecule has 0 radical (unpaired) electrons. The van der Waals surface area contributed by atoms with Crippen LogP contribution in [0.4, 0.5) is 10.6 Å². The summed E-state index contributed by atoms with van der Waals surface area (Å²) in [6.07, 6.45) is -0.687. The minimum absolute atomic E-state index is 0.170. The van der Waals surface area contributed by atoms with Crippen molar-refractivity contribution < 1.29 is 9.90 Å². The fraction of sp³-hybridized carbons (Fsp3) is 0.467. The van der Waals surface area contributed by atoms with Crippen LogP contribution in [0.1, 0.15) is 30.5 Å². The van der Waals surface area contributed by atoms with Crippen molar-refractivity contribution >= 4 is 23.2 Å². The molecule has 7 heteroatoms. The van der Waals surface area contributed by atoms with Gasteiger partial charge in [-0.15, -0.1) is 11.3 Å². The van der Waals surface area contributed by atoms with E-state index in [4.69, 9.17) is 0 Å². The number of thiophene rings is 1. The number of anilines is 1. The molecule has 1 atom stereocenters. The number of hydrogen-bond donors (Lipinski definition) is 3. The van der Waals surface area contributed by atoms with Gasteiger partial charge in [0.05, 0.1) is 12.2 Å². The average molecular weight is 322 g/mol. The molecule has 0 aliphatic heterocycles. The van der Waals surface area contributed by atoms with Crippen molar-refractivity contribution in [3.8, 4) is 0 Å². The predicted molar refractivity (Wildman–Crippen MR) is 88.1 cm³/mol. The first-order valence-electron chi connectivity index (χ1n) is 7.26. The van der Waals surface area contributed by atoms with Crippen molar-refractivity contribution in [1.29, 1.82) is 0 Å². The first-order valence-corrected chi connectivity index (χ1v) is 8.14. The average Bonchev–Trinajstić information content (AvgIpc) is 3.06. The molecule has 2 aromatic rings. The SMILES string of the molecule is Cc1cc(NC(=O)NC[C@@H](O)c2cccs2)n(CC(C)C)n1. The summed E-state index contributed by atoms with van der Waals surface area (Å²) in [4.78, 5) is 12.8. The molecule has 0 fully saturated rings. The normalized spacial score (nSPS) is 12.4. The van der Waals surface area contributed by atoms with Crippen molar-refractivity contribution in [2.24, 2.45) is 5.92 Å². The summed E-state index contributed by atoms with van der Waals surface area (Å²) in [6, 6.07) is 5.20. The smallest absolute Gasteiger partial charge is 0.320 e. The maximum absolute atomic E-state index is 12.0. The number of nitrogens with one attached hydrogen (secondary N) is 2. The van der Waals surface area contributed by atoms with Gasteiger partial charge in [-0.3, -0.25) is 5.32 Å². The van der Waals surface area contributed by atoms with Crippen molar-refractivity contribution in [3.63, 3.8) is 0 Å². The topological polar surface area (TPSA) is 79.2 Å².